The van der Waals surface area contributed by atoms with Crippen LogP contribution < -0.4 is 16.4 Å². The molecule has 1 aromatic rings. The summed E-state index contributed by atoms with van der Waals surface area (Å²) in [5.41, 5.74) is 7.69. The fourth-order valence-electron chi connectivity index (χ4n) is 8.25. The normalized spacial score (nSPS) is 12.8. The number of amides is 2. The van der Waals surface area contributed by atoms with E-state index in [2.05, 4.69) is 27.5 Å². The molecule has 1 aromatic heterocycles. The van der Waals surface area contributed by atoms with Crippen LogP contribution in [0.4, 0.5) is 0 Å². The van der Waals surface area contributed by atoms with Crippen LogP contribution >= 0.6 is 0 Å². The van der Waals surface area contributed by atoms with Crippen molar-refractivity contribution in [3.05, 3.63) is 18.2 Å². The number of carboxylic acids is 2. The molecule has 0 spiro atoms. The Morgan fingerprint density at radius 3 is 1.77 bits per heavy atom. The number of imidazole rings is 1. The number of aromatic nitrogens is 2. The van der Waals surface area contributed by atoms with E-state index in [1.807, 2.05) is 0 Å². The van der Waals surface area contributed by atoms with E-state index in [-0.39, 0.29) is 140 Å². The highest BCUT2D eigenvalue weighted by Gasteiger charge is 2.35. The maximum absolute atomic E-state index is 13.0. The van der Waals surface area contributed by atoms with E-state index < -0.39 is 41.1 Å². The molecule has 0 aliphatic carbocycles. The number of aromatic amines is 1. The summed E-state index contributed by atoms with van der Waals surface area (Å²) in [7, 11) is 0. The Labute approximate surface area is 441 Å². The highest BCUT2D eigenvalue weighted by molar-refractivity contribution is 5.94. The van der Waals surface area contributed by atoms with Gasteiger partial charge in [0.05, 0.1) is 51.3 Å². The lowest BCUT2D eigenvalue weighted by Gasteiger charge is -2.25. The molecule has 423 valence electrons. The molecule has 1 unspecified atom stereocenters. The first-order valence-electron chi connectivity index (χ1n) is 27.7. The summed E-state index contributed by atoms with van der Waals surface area (Å²) in [5, 5.41) is 24.5. The number of carbonyl (C=O) groups excluding carboxylic acids is 6. The fourth-order valence-corrected chi connectivity index (χ4v) is 8.25. The van der Waals surface area contributed by atoms with Gasteiger partial charge in [0.25, 0.3) is 0 Å². The number of hydrogen-bond donors (Lipinski definition) is 5. The minimum atomic E-state index is -1.15. The lowest BCUT2D eigenvalue weighted by molar-refractivity contribution is -0.145. The van der Waals surface area contributed by atoms with Gasteiger partial charge in [0.1, 0.15) is 30.8 Å². The summed E-state index contributed by atoms with van der Waals surface area (Å²) >= 11 is 0. The topological polar surface area (TPSA) is 290 Å². The predicted molar refractivity (Wildman–Crippen MR) is 280 cm³/mol. The molecule has 2 amide bonds. The largest absolute Gasteiger partial charge is 0.481 e. The molecule has 74 heavy (non-hydrogen) atoms. The Hall–Kier alpha value is -4.43. The Morgan fingerprint density at radius 1 is 0.622 bits per heavy atom. The van der Waals surface area contributed by atoms with Crippen molar-refractivity contribution in [2.24, 2.45) is 11.3 Å². The number of Topliss-reactive ketones (excluding diaryl/α,β-unsaturated/α-hetero) is 4. The van der Waals surface area contributed by atoms with Crippen molar-refractivity contribution in [1.82, 2.24) is 26.3 Å². The van der Waals surface area contributed by atoms with Crippen LogP contribution in [-0.4, -0.2) is 139 Å². The van der Waals surface area contributed by atoms with Crippen LogP contribution in [0.25, 0.3) is 0 Å². The zero-order chi connectivity index (χ0) is 54.7. The minimum Gasteiger partial charge on any atom is -0.481 e. The first-order valence-corrected chi connectivity index (χ1v) is 27.7. The number of H-pyrrole nitrogens is 1. The molecule has 19 heteroatoms. The van der Waals surface area contributed by atoms with Gasteiger partial charge in [0.15, 0.2) is 11.6 Å². The van der Waals surface area contributed by atoms with Crippen molar-refractivity contribution in [2.75, 3.05) is 59.4 Å². The minimum absolute atomic E-state index is 0.0379. The van der Waals surface area contributed by atoms with Gasteiger partial charge in [0.2, 0.25) is 11.8 Å². The molecule has 6 N–H and O–H groups in total. The molecule has 0 saturated heterocycles. The summed E-state index contributed by atoms with van der Waals surface area (Å²) in [4.78, 5) is 105. The van der Waals surface area contributed by atoms with Crippen LogP contribution in [0.3, 0.4) is 0 Å². The number of carbonyl (C=O) groups is 8. The van der Waals surface area contributed by atoms with E-state index in [4.69, 9.17) is 24.7 Å². The highest BCUT2D eigenvalue weighted by Crippen LogP contribution is 2.28. The molecule has 1 rings (SSSR count). The van der Waals surface area contributed by atoms with Gasteiger partial charge in [-0.3, -0.25) is 33.6 Å². The van der Waals surface area contributed by atoms with Crippen LogP contribution in [-0.2, 0) is 63.7 Å². The quantitative estimate of drug-likeness (QED) is 0.0387. The number of nitrogens with one attached hydrogen (secondary N) is 4. The Kier molecular flexibility index (Phi) is 40.0. The number of nitrogens with zero attached hydrogens (tertiary/aromatic N) is 1. The zero-order valence-corrected chi connectivity index (χ0v) is 45.3. The molecule has 0 aliphatic heterocycles. The maximum Gasteiger partial charge on any atom is 0.326 e. The number of rotatable bonds is 53. The molecular formula is C55H94N5O14. The van der Waals surface area contributed by atoms with Crippen LogP contribution in [0.15, 0.2) is 12.5 Å². The van der Waals surface area contributed by atoms with Gasteiger partial charge in [-0.1, -0.05) is 124 Å². The molecule has 3 atom stereocenters. The lowest BCUT2D eigenvalue weighted by atomic mass is 9.77. The Balaban J connectivity index is 1.99. The third kappa shape index (κ3) is 37.3. The molecule has 0 aromatic carbocycles. The monoisotopic (exact) mass is 1050 g/mol. The SMILES string of the molecule is CCCCCCCCCCCCCCCCCC(=O)NC(CCC(=O)CCCOCCOCC(=O)NCCOCCOCC(=O)CCCCC[C@H](CC(=O)C(C)(C)CC(=O)[C@@H]([NH])Cc1cnc[nH]1)C(=O)O)C(=O)O. The van der Waals surface area contributed by atoms with Crippen LogP contribution in [0, 0.1) is 11.3 Å². The standard InChI is InChI=1S/C55H94N5O14/c1-4-5-6-7-8-9-10-11-12-13-14-15-16-17-21-26-51(65)60-48(54(69)70)28-27-45(61)25-22-30-71-32-35-74-41-52(66)58-29-31-72-33-34-73-40-46(62)24-20-18-19-23-43(53(67)68)36-50(64)55(2,3)38-49(63)47(56)37-44-39-57-42-59-44/h39,42-43,47-48,56H,4-38,40-41H2,1-3H3,(H,57,59)(H,58,66)(H,60,65)(H,67,68)(H,69,70)/t43-,47+,48?/m1/s1. The van der Waals surface area contributed by atoms with E-state index in [0.717, 1.165) is 25.7 Å². The zero-order valence-electron chi connectivity index (χ0n) is 45.3. The van der Waals surface area contributed by atoms with E-state index in [1.165, 1.54) is 83.2 Å². The predicted octanol–water partition coefficient (Wildman–Crippen LogP) is 7.91. The maximum atomic E-state index is 13.0. The van der Waals surface area contributed by atoms with Crippen molar-refractivity contribution in [3.8, 4) is 0 Å². The molecular weight excluding hydrogens is 955 g/mol. The van der Waals surface area contributed by atoms with E-state index >= 15 is 0 Å². The fraction of sp³-hybridized carbons (Fsp3) is 0.800. The summed E-state index contributed by atoms with van der Waals surface area (Å²) in [6, 6.07) is -2.16. The van der Waals surface area contributed by atoms with Gasteiger partial charge in [-0.25, -0.2) is 15.5 Å². The van der Waals surface area contributed by atoms with Crippen molar-refractivity contribution in [3.63, 3.8) is 0 Å². The third-order valence-electron chi connectivity index (χ3n) is 12.9. The van der Waals surface area contributed by atoms with E-state index in [0.29, 0.717) is 38.0 Å². The van der Waals surface area contributed by atoms with Crippen molar-refractivity contribution in [1.29, 1.82) is 0 Å². The number of hydrogen-bond acceptors (Lipinski definition) is 13. The smallest absolute Gasteiger partial charge is 0.326 e. The van der Waals surface area contributed by atoms with Crippen molar-refractivity contribution >= 4 is 46.9 Å². The molecule has 0 saturated carbocycles. The third-order valence-corrected chi connectivity index (χ3v) is 12.9. The summed E-state index contributed by atoms with van der Waals surface area (Å²) in [5.74, 6) is -4.72. The summed E-state index contributed by atoms with van der Waals surface area (Å²) in [6.07, 6.45) is 24.4. The number of unbranched alkanes of at least 4 members (excludes halogenated alkanes) is 16. The van der Waals surface area contributed by atoms with Gasteiger partial charge in [-0.15, -0.1) is 0 Å². The highest BCUT2D eigenvalue weighted by atomic mass is 16.5. The van der Waals surface area contributed by atoms with Crippen molar-refractivity contribution in [2.45, 2.75) is 213 Å². The second-order valence-electron chi connectivity index (χ2n) is 20.2. The van der Waals surface area contributed by atoms with Gasteiger partial charge in [-0.2, -0.15) is 0 Å². The summed E-state index contributed by atoms with van der Waals surface area (Å²) < 4.78 is 21.6. The summed E-state index contributed by atoms with van der Waals surface area (Å²) in [6.45, 7) is 6.78. The first kappa shape index (κ1) is 67.6. The van der Waals surface area contributed by atoms with Gasteiger partial charge >= 0.3 is 11.9 Å². The van der Waals surface area contributed by atoms with Crippen LogP contribution in [0.1, 0.15) is 200 Å². The Morgan fingerprint density at radius 2 is 1.18 bits per heavy atom. The molecule has 1 heterocycles. The molecule has 19 nitrogen and oxygen atoms in total. The number of carboxylic acid groups (broad SMARTS) is 2. The lowest BCUT2D eigenvalue weighted by Crippen LogP contribution is -2.41. The molecule has 1 radical (unpaired) electrons. The van der Waals surface area contributed by atoms with Crippen LogP contribution in [0.2, 0.25) is 0 Å². The second-order valence-corrected chi connectivity index (χ2v) is 20.2. The van der Waals surface area contributed by atoms with Gasteiger partial charge in [-0.05, 0) is 32.1 Å². The van der Waals surface area contributed by atoms with Gasteiger partial charge in [0, 0.05) is 75.4 Å². The average molecular weight is 1050 g/mol. The number of ketones is 4. The van der Waals surface area contributed by atoms with Crippen LogP contribution in [0.5, 0.6) is 0 Å². The van der Waals surface area contributed by atoms with Gasteiger partial charge < -0.3 is 44.8 Å². The van der Waals surface area contributed by atoms with E-state index in [1.54, 1.807) is 13.8 Å². The molecule has 0 bridgehead atoms. The second kappa shape index (κ2) is 43.8. The molecule has 0 aliphatic rings. The van der Waals surface area contributed by atoms with E-state index in [9.17, 15) is 48.6 Å². The average Bonchev–Trinajstić information content (AvgIpc) is 3.87. The first-order chi connectivity index (χ1) is 35.5. The van der Waals surface area contributed by atoms with Crippen molar-refractivity contribution < 1.29 is 67.5 Å². The molecule has 0 fully saturated rings. The number of ether oxygens (including phenoxy) is 4. The number of aliphatic carboxylic acids is 2. The Bertz CT molecular complexity index is 1710.